The molecule has 0 aliphatic rings. The minimum absolute atomic E-state index is 0.213. The first kappa shape index (κ1) is 19.7. The first-order chi connectivity index (χ1) is 12.3. The van der Waals surface area contributed by atoms with Crippen LogP contribution in [0.2, 0.25) is 0 Å². The smallest absolute Gasteiger partial charge is 0.341 e. The molecule has 1 aromatic heterocycles. The van der Waals surface area contributed by atoms with Gasteiger partial charge in [0.25, 0.3) is 5.91 Å². The Labute approximate surface area is 156 Å². The highest BCUT2D eigenvalue weighted by Crippen LogP contribution is 2.34. The summed E-state index contributed by atoms with van der Waals surface area (Å²) in [6.07, 6.45) is 0.265. The normalized spacial score (nSPS) is 10.3. The maximum absolute atomic E-state index is 12.8. The number of carbonyl (C=O) groups excluding carboxylic acids is 3. The second-order valence-electron chi connectivity index (χ2n) is 5.86. The highest BCUT2D eigenvalue weighted by Gasteiger charge is 2.26. The van der Waals surface area contributed by atoms with Crippen LogP contribution in [0.25, 0.3) is 0 Å². The van der Waals surface area contributed by atoms with Crippen molar-refractivity contribution in [1.82, 2.24) is 0 Å². The fraction of sp³-hybridized carbons (Fsp3) is 0.316. The van der Waals surface area contributed by atoms with Crippen LogP contribution < -0.4 is 10.6 Å². The number of esters is 1. The van der Waals surface area contributed by atoms with Crippen LogP contribution in [0.4, 0.5) is 10.7 Å². The molecule has 2 amide bonds. The Morgan fingerprint density at radius 1 is 1.08 bits per heavy atom. The Balaban J connectivity index is 2.42. The van der Waals surface area contributed by atoms with Crippen LogP contribution in [0.15, 0.2) is 18.2 Å². The molecular weight excluding hydrogens is 352 g/mol. The predicted molar refractivity (Wildman–Crippen MR) is 103 cm³/mol. The van der Waals surface area contributed by atoms with E-state index in [0.717, 1.165) is 22.5 Å². The molecule has 0 aliphatic carbocycles. The van der Waals surface area contributed by atoms with Crippen molar-refractivity contribution in [3.05, 3.63) is 45.3 Å². The number of carbonyl (C=O) groups is 3. The number of anilines is 2. The molecule has 0 unspecified atom stereocenters. The van der Waals surface area contributed by atoms with Gasteiger partial charge in [-0.1, -0.05) is 19.1 Å². The molecule has 0 spiro atoms. The van der Waals surface area contributed by atoms with E-state index in [1.165, 1.54) is 7.11 Å². The number of hydrogen-bond acceptors (Lipinski definition) is 5. The van der Waals surface area contributed by atoms with Gasteiger partial charge in [0.2, 0.25) is 5.91 Å². The van der Waals surface area contributed by atoms with Gasteiger partial charge in [-0.3, -0.25) is 9.59 Å². The number of rotatable bonds is 5. The number of thiophene rings is 1. The third-order valence-corrected chi connectivity index (χ3v) is 5.38. The average molecular weight is 374 g/mol. The number of ether oxygens (including phenoxy) is 1. The van der Waals surface area contributed by atoms with Crippen LogP contribution in [0.1, 0.15) is 50.1 Å². The van der Waals surface area contributed by atoms with E-state index in [-0.39, 0.29) is 23.8 Å². The fourth-order valence-electron chi connectivity index (χ4n) is 2.45. The highest BCUT2D eigenvalue weighted by molar-refractivity contribution is 7.18. The molecule has 0 radical (unpaired) electrons. The van der Waals surface area contributed by atoms with E-state index in [0.29, 0.717) is 21.1 Å². The summed E-state index contributed by atoms with van der Waals surface area (Å²) in [5.74, 6) is -1.16. The Morgan fingerprint density at radius 2 is 1.77 bits per heavy atom. The molecule has 1 heterocycles. The molecule has 2 rings (SSSR count). The number of benzene rings is 1. The standard InChI is InChI=1S/C19H22N2O4S/c1-6-14(22)21-18-15(19(24)25-5)12(4)16(26-18)17(23)20-13-9-7-8-10(2)11(13)3/h7-9H,6H2,1-5H3,(H,20,23)(H,21,22). The third kappa shape index (κ3) is 3.94. The van der Waals surface area contributed by atoms with Crippen molar-refractivity contribution in [3.8, 4) is 0 Å². The zero-order valence-electron chi connectivity index (χ0n) is 15.5. The summed E-state index contributed by atoms with van der Waals surface area (Å²) in [6, 6.07) is 5.66. The average Bonchev–Trinajstić information content (AvgIpc) is 2.94. The summed E-state index contributed by atoms with van der Waals surface area (Å²) in [7, 11) is 1.26. The minimum atomic E-state index is -0.587. The number of nitrogens with one attached hydrogen (secondary N) is 2. The topological polar surface area (TPSA) is 84.5 Å². The molecular formula is C19H22N2O4S. The summed E-state index contributed by atoms with van der Waals surface area (Å²) in [5.41, 5.74) is 3.45. The molecule has 0 bridgehead atoms. The molecule has 0 fully saturated rings. The second-order valence-corrected chi connectivity index (χ2v) is 6.88. The molecule has 0 saturated heterocycles. The van der Waals surface area contributed by atoms with Crippen LogP contribution in [0, 0.1) is 20.8 Å². The van der Waals surface area contributed by atoms with Crippen molar-refractivity contribution in [3.63, 3.8) is 0 Å². The summed E-state index contributed by atoms with van der Waals surface area (Å²) >= 11 is 1.07. The van der Waals surface area contributed by atoms with Crippen molar-refractivity contribution in [2.75, 3.05) is 17.7 Å². The van der Waals surface area contributed by atoms with Gasteiger partial charge in [0.15, 0.2) is 0 Å². The van der Waals surface area contributed by atoms with Crippen molar-refractivity contribution in [2.24, 2.45) is 0 Å². The largest absolute Gasteiger partial charge is 0.465 e. The van der Waals surface area contributed by atoms with Crippen molar-refractivity contribution in [2.45, 2.75) is 34.1 Å². The first-order valence-corrected chi connectivity index (χ1v) is 9.00. The van der Waals surface area contributed by atoms with Gasteiger partial charge in [-0.25, -0.2) is 4.79 Å². The van der Waals surface area contributed by atoms with Crippen LogP contribution >= 0.6 is 11.3 Å². The van der Waals surface area contributed by atoms with E-state index in [2.05, 4.69) is 10.6 Å². The quantitative estimate of drug-likeness (QED) is 0.773. The van der Waals surface area contributed by atoms with E-state index in [1.54, 1.807) is 13.8 Å². The Kier molecular flexibility index (Phi) is 6.15. The molecule has 0 saturated carbocycles. The minimum Gasteiger partial charge on any atom is -0.465 e. The fourth-order valence-corrected chi connectivity index (χ4v) is 3.55. The maximum atomic E-state index is 12.8. The number of aryl methyl sites for hydroxylation is 1. The first-order valence-electron chi connectivity index (χ1n) is 8.19. The van der Waals surface area contributed by atoms with Gasteiger partial charge < -0.3 is 15.4 Å². The van der Waals surface area contributed by atoms with Crippen LogP contribution in [0.5, 0.6) is 0 Å². The second kappa shape index (κ2) is 8.14. The van der Waals surface area contributed by atoms with Crippen molar-refractivity contribution < 1.29 is 19.1 Å². The van der Waals surface area contributed by atoms with E-state index in [9.17, 15) is 14.4 Å². The molecule has 2 N–H and O–H groups in total. The molecule has 6 nitrogen and oxygen atoms in total. The maximum Gasteiger partial charge on any atom is 0.341 e. The van der Waals surface area contributed by atoms with E-state index >= 15 is 0 Å². The Morgan fingerprint density at radius 3 is 2.38 bits per heavy atom. The van der Waals surface area contributed by atoms with Gasteiger partial charge in [-0.15, -0.1) is 11.3 Å². The summed E-state index contributed by atoms with van der Waals surface area (Å²) in [4.78, 5) is 37.0. The van der Waals surface area contributed by atoms with Gasteiger partial charge in [-0.05, 0) is 43.5 Å². The lowest BCUT2D eigenvalue weighted by Crippen LogP contribution is -2.14. The third-order valence-electron chi connectivity index (χ3n) is 4.17. The molecule has 0 aliphatic heterocycles. The molecule has 1 aromatic carbocycles. The van der Waals surface area contributed by atoms with E-state index in [1.807, 2.05) is 32.0 Å². The van der Waals surface area contributed by atoms with Crippen LogP contribution in [0.3, 0.4) is 0 Å². The summed E-state index contributed by atoms with van der Waals surface area (Å²) in [5, 5.41) is 5.88. The lowest BCUT2D eigenvalue weighted by atomic mass is 10.1. The Bertz CT molecular complexity index is 871. The lowest BCUT2D eigenvalue weighted by molar-refractivity contribution is -0.115. The van der Waals surface area contributed by atoms with E-state index < -0.39 is 5.97 Å². The van der Waals surface area contributed by atoms with Gasteiger partial charge in [-0.2, -0.15) is 0 Å². The SMILES string of the molecule is CCC(=O)Nc1sc(C(=O)Nc2cccc(C)c2C)c(C)c1C(=O)OC. The van der Waals surface area contributed by atoms with Gasteiger partial charge in [0.1, 0.15) is 5.00 Å². The highest BCUT2D eigenvalue weighted by atomic mass is 32.1. The van der Waals surface area contributed by atoms with Gasteiger partial charge >= 0.3 is 5.97 Å². The van der Waals surface area contributed by atoms with E-state index in [4.69, 9.17) is 4.74 Å². The Hall–Kier alpha value is -2.67. The van der Waals surface area contributed by atoms with Crippen molar-refractivity contribution >= 4 is 39.8 Å². The lowest BCUT2D eigenvalue weighted by Gasteiger charge is -2.10. The zero-order valence-corrected chi connectivity index (χ0v) is 16.3. The number of hydrogen-bond donors (Lipinski definition) is 2. The number of methoxy groups -OCH3 is 1. The van der Waals surface area contributed by atoms with Crippen LogP contribution in [-0.2, 0) is 9.53 Å². The summed E-state index contributed by atoms with van der Waals surface area (Å²) < 4.78 is 4.80. The monoisotopic (exact) mass is 374 g/mol. The van der Waals surface area contributed by atoms with Crippen LogP contribution in [-0.4, -0.2) is 24.9 Å². The van der Waals surface area contributed by atoms with Crippen molar-refractivity contribution in [1.29, 1.82) is 0 Å². The predicted octanol–water partition coefficient (Wildman–Crippen LogP) is 4.06. The molecule has 7 heteroatoms. The van der Waals surface area contributed by atoms with Gasteiger partial charge in [0, 0.05) is 12.1 Å². The molecule has 0 atom stereocenters. The zero-order chi connectivity index (χ0) is 19.4. The van der Waals surface area contributed by atoms with Gasteiger partial charge in [0.05, 0.1) is 17.6 Å². The molecule has 26 heavy (non-hydrogen) atoms. The molecule has 138 valence electrons. The number of amides is 2. The molecule has 2 aromatic rings. The summed E-state index contributed by atoms with van der Waals surface area (Å²) in [6.45, 7) is 7.28.